The Labute approximate surface area is 123 Å². The highest BCUT2D eigenvalue weighted by Crippen LogP contribution is 2.15. The van der Waals surface area contributed by atoms with Gasteiger partial charge in [0.15, 0.2) is 0 Å². The second kappa shape index (κ2) is 5.40. The van der Waals surface area contributed by atoms with Gasteiger partial charge in [0, 0.05) is 6.20 Å². The number of hydrogen-bond donors (Lipinski definition) is 0. The van der Waals surface area contributed by atoms with Crippen molar-refractivity contribution in [2.75, 3.05) is 0 Å². The minimum atomic E-state index is -0.307. The lowest BCUT2D eigenvalue weighted by Gasteiger charge is -2.07. The second-order valence-corrected chi connectivity index (χ2v) is 4.96. The minimum absolute atomic E-state index is 0.212. The maximum absolute atomic E-state index is 12.2. The zero-order valence-corrected chi connectivity index (χ0v) is 12.0. The molecule has 0 unspecified atom stereocenters. The van der Waals surface area contributed by atoms with Crippen molar-refractivity contribution in [2.45, 2.75) is 20.5 Å². The molecule has 0 radical (unpaired) electrons. The Morgan fingerprint density at radius 3 is 2.71 bits per heavy atom. The maximum Gasteiger partial charge on any atom is 0.338 e. The molecule has 106 valence electrons. The second-order valence-electron chi connectivity index (χ2n) is 4.96. The largest absolute Gasteiger partial charge is 0.456 e. The summed E-state index contributed by atoms with van der Waals surface area (Å²) in [5.41, 5.74) is 4.14. The van der Waals surface area contributed by atoms with Gasteiger partial charge in [0.1, 0.15) is 12.3 Å². The van der Waals surface area contributed by atoms with E-state index in [4.69, 9.17) is 4.74 Å². The maximum atomic E-state index is 12.2. The lowest BCUT2D eigenvalue weighted by atomic mass is 10.1. The number of rotatable bonds is 3. The number of aryl methyl sites for hydroxylation is 2. The van der Waals surface area contributed by atoms with E-state index in [0.717, 1.165) is 22.6 Å². The van der Waals surface area contributed by atoms with Gasteiger partial charge in [0.2, 0.25) is 0 Å². The van der Waals surface area contributed by atoms with Crippen molar-refractivity contribution >= 4 is 11.6 Å². The fourth-order valence-electron chi connectivity index (χ4n) is 2.35. The zero-order valence-electron chi connectivity index (χ0n) is 12.0. The van der Waals surface area contributed by atoms with E-state index in [2.05, 4.69) is 4.98 Å². The number of carbonyl (C=O) groups is 1. The molecule has 0 atom stereocenters. The fraction of sp³-hybridized carbons (Fsp3) is 0.176. The van der Waals surface area contributed by atoms with Crippen LogP contribution in [0.5, 0.6) is 0 Å². The smallest absolute Gasteiger partial charge is 0.338 e. The van der Waals surface area contributed by atoms with Crippen molar-refractivity contribution in [3.63, 3.8) is 0 Å². The predicted octanol–water partition coefficient (Wildman–Crippen LogP) is 3.31. The van der Waals surface area contributed by atoms with Gasteiger partial charge in [-0.3, -0.25) is 0 Å². The Hall–Kier alpha value is -2.62. The van der Waals surface area contributed by atoms with Crippen molar-refractivity contribution < 1.29 is 9.53 Å². The summed E-state index contributed by atoms with van der Waals surface area (Å²) in [5, 5.41) is 0. The van der Waals surface area contributed by atoms with Crippen LogP contribution in [0.2, 0.25) is 0 Å². The lowest BCUT2D eigenvalue weighted by Crippen LogP contribution is -2.08. The molecule has 0 fully saturated rings. The van der Waals surface area contributed by atoms with Gasteiger partial charge in [-0.05, 0) is 37.6 Å². The van der Waals surface area contributed by atoms with Crippen LogP contribution in [0.3, 0.4) is 0 Å². The van der Waals surface area contributed by atoms with Crippen LogP contribution in [0.15, 0.2) is 48.7 Å². The highest BCUT2D eigenvalue weighted by atomic mass is 16.5. The number of ether oxygens (including phenoxy) is 1. The molecule has 4 heteroatoms. The summed E-state index contributed by atoms with van der Waals surface area (Å²) in [5.74, 6) is -0.307. The Morgan fingerprint density at radius 1 is 1.14 bits per heavy atom. The van der Waals surface area contributed by atoms with Crippen molar-refractivity contribution in [1.82, 2.24) is 9.38 Å². The van der Waals surface area contributed by atoms with Crippen LogP contribution < -0.4 is 0 Å². The highest BCUT2D eigenvalue weighted by Gasteiger charge is 2.13. The van der Waals surface area contributed by atoms with Crippen molar-refractivity contribution in [3.8, 4) is 0 Å². The molecule has 1 aromatic carbocycles. The molecule has 0 amide bonds. The van der Waals surface area contributed by atoms with Crippen LogP contribution in [-0.2, 0) is 11.3 Å². The van der Waals surface area contributed by atoms with Gasteiger partial charge < -0.3 is 9.14 Å². The van der Waals surface area contributed by atoms with E-state index in [9.17, 15) is 4.79 Å². The topological polar surface area (TPSA) is 43.6 Å². The van der Waals surface area contributed by atoms with Gasteiger partial charge in [-0.15, -0.1) is 0 Å². The minimum Gasteiger partial charge on any atom is -0.456 e. The molecule has 3 aromatic rings. The van der Waals surface area contributed by atoms with Gasteiger partial charge >= 0.3 is 5.97 Å². The van der Waals surface area contributed by atoms with E-state index in [1.54, 1.807) is 6.07 Å². The van der Waals surface area contributed by atoms with E-state index < -0.39 is 0 Å². The monoisotopic (exact) mass is 280 g/mol. The first-order valence-electron chi connectivity index (χ1n) is 6.82. The van der Waals surface area contributed by atoms with E-state index in [1.807, 2.05) is 60.8 Å². The van der Waals surface area contributed by atoms with Crippen molar-refractivity contribution in [3.05, 3.63) is 71.2 Å². The Morgan fingerprint density at radius 2 is 1.90 bits per heavy atom. The van der Waals surface area contributed by atoms with Gasteiger partial charge in [-0.2, -0.15) is 0 Å². The zero-order chi connectivity index (χ0) is 14.8. The number of carbonyl (C=O) groups excluding carboxylic acids is 1. The number of nitrogens with zero attached hydrogens (tertiary/aromatic N) is 2. The Balaban J connectivity index is 1.82. The lowest BCUT2D eigenvalue weighted by molar-refractivity contribution is 0.0465. The third kappa shape index (κ3) is 2.52. The molecule has 3 rings (SSSR count). The van der Waals surface area contributed by atoms with Gasteiger partial charge in [-0.25, -0.2) is 9.78 Å². The number of fused-ring (bicyclic) bond motifs is 1. The Bertz CT molecular complexity index is 805. The number of aromatic nitrogens is 2. The van der Waals surface area contributed by atoms with Crippen LogP contribution in [0, 0.1) is 13.8 Å². The third-order valence-electron chi connectivity index (χ3n) is 3.53. The van der Waals surface area contributed by atoms with Crippen LogP contribution in [-0.4, -0.2) is 15.4 Å². The van der Waals surface area contributed by atoms with E-state index in [1.165, 1.54) is 0 Å². The van der Waals surface area contributed by atoms with Crippen LogP contribution in [0.1, 0.15) is 27.3 Å². The molecule has 0 saturated carbocycles. The van der Waals surface area contributed by atoms with E-state index in [0.29, 0.717) is 5.56 Å². The van der Waals surface area contributed by atoms with Gasteiger partial charge in [0.05, 0.1) is 17.0 Å². The number of hydrogen-bond acceptors (Lipinski definition) is 3. The Kier molecular flexibility index (Phi) is 3.44. The first kappa shape index (κ1) is 13.4. The molecule has 0 saturated heterocycles. The molecular weight excluding hydrogens is 264 g/mol. The van der Waals surface area contributed by atoms with Crippen LogP contribution in [0.4, 0.5) is 0 Å². The molecule has 0 aliphatic heterocycles. The molecular formula is C17H16N2O2. The predicted molar refractivity (Wildman–Crippen MR) is 80.2 cm³/mol. The van der Waals surface area contributed by atoms with Crippen LogP contribution in [0.25, 0.3) is 5.65 Å². The summed E-state index contributed by atoms with van der Waals surface area (Å²) in [4.78, 5) is 16.6. The summed E-state index contributed by atoms with van der Waals surface area (Å²) < 4.78 is 7.39. The molecule has 0 aliphatic rings. The number of pyridine rings is 1. The quantitative estimate of drug-likeness (QED) is 0.691. The van der Waals surface area contributed by atoms with Crippen LogP contribution >= 0.6 is 0 Å². The fourth-order valence-corrected chi connectivity index (χ4v) is 2.35. The normalized spacial score (nSPS) is 10.8. The molecule has 2 aromatic heterocycles. The van der Waals surface area contributed by atoms with Crippen molar-refractivity contribution in [2.24, 2.45) is 0 Å². The highest BCUT2D eigenvalue weighted by molar-refractivity contribution is 5.90. The van der Waals surface area contributed by atoms with Gasteiger partial charge in [-0.1, -0.05) is 24.3 Å². The van der Waals surface area contributed by atoms with Crippen molar-refractivity contribution in [1.29, 1.82) is 0 Å². The third-order valence-corrected chi connectivity index (χ3v) is 3.53. The average molecular weight is 280 g/mol. The number of imidazole rings is 1. The summed E-state index contributed by atoms with van der Waals surface area (Å²) in [6.45, 7) is 4.03. The standard InChI is InChI=1S/C17H16N2O2/c1-12-7-3-4-8-14(12)17(20)21-11-15-13(2)18-16-9-5-6-10-19(15)16/h3-10H,11H2,1-2H3. The number of benzene rings is 1. The first-order valence-corrected chi connectivity index (χ1v) is 6.82. The first-order chi connectivity index (χ1) is 10.2. The van der Waals surface area contributed by atoms with E-state index in [-0.39, 0.29) is 12.6 Å². The summed E-state index contributed by atoms with van der Waals surface area (Å²) in [6, 6.07) is 13.2. The summed E-state index contributed by atoms with van der Waals surface area (Å²) in [7, 11) is 0. The summed E-state index contributed by atoms with van der Waals surface area (Å²) >= 11 is 0. The number of esters is 1. The molecule has 21 heavy (non-hydrogen) atoms. The molecule has 0 N–H and O–H groups in total. The SMILES string of the molecule is Cc1ccccc1C(=O)OCc1c(C)nc2ccccn12. The molecule has 0 bridgehead atoms. The molecule has 2 heterocycles. The average Bonchev–Trinajstić information content (AvgIpc) is 2.81. The van der Waals surface area contributed by atoms with E-state index >= 15 is 0 Å². The molecule has 0 spiro atoms. The molecule has 4 nitrogen and oxygen atoms in total. The summed E-state index contributed by atoms with van der Waals surface area (Å²) in [6.07, 6.45) is 1.92. The molecule has 0 aliphatic carbocycles. The van der Waals surface area contributed by atoms with Gasteiger partial charge in [0.25, 0.3) is 0 Å².